The first-order valence-corrected chi connectivity index (χ1v) is 12.3. The van der Waals surface area contributed by atoms with Crippen molar-refractivity contribution in [2.45, 2.75) is 13.8 Å². The van der Waals surface area contributed by atoms with E-state index >= 15 is 0 Å². The van der Waals surface area contributed by atoms with Crippen LogP contribution in [-0.4, -0.2) is 43.2 Å². The van der Waals surface area contributed by atoms with Crippen molar-refractivity contribution < 1.29 is 0 Å². The largest absolute Gasteiger partial charge is 0.354 e. The van der Waals surface area contributed by atoms with Gasteiger partial charge in [0.25, 0.3) is 0 Å². The number of aryl methyl sites for hydroxylation is 2. The van der Waals surface area contributed by atoms with Crippen molar-refractivity contribution in [2.24, 2.45) is 4.99 Å². The molecule has 2 aliphatic heterocycles. The van der Waals surface area contributed by atoms with Gasteiger partial charge in [0.15, 0.2) is 0 Å². The second-order valence-electron chi connectivity index (χ2n) is 8.61. The summed E-state index contributed by atoms with van der Waals surface area (Å²) in [6.45, 7) is 9.82. The molecule has 0 saturated heterocycles. The molecule has 4 aromatic rings. The molecule has 0 bridgehead atoms. The van der Waals surface area contributed by atoms with Crippen LogP contribution in [0.15, 0.2) is 60.6 Å². The number of hydrogen-bond acceptors (Lipinski definition) is 10. The van der Waals surface area contributed by atoms with Gasteiger partial charge in [0, 0.05) is 47.3 Å². The van der Waals surface area contributed by atoms with Crippen LogP contribution in [0.25, 0.3) is 17.3 Å². The summed E-state index contributed by atoms with van der Waals surface area (Å²) in [5.41, 5.74) is 7.89. The SMILES string of the molecule is C=C(Nc1ccc(C)c(C2=Cc3cnc(Nc4ncns4)nc3N3CCN=C23)c1)c1cc(C)ccn1. The van der Waals surface area contributed by atoms with E-state index < -0.39 is 0 Å². The van der Waals surface area contributed by atoms with Gasteiger partial charge < -0.3 is 10.2 Å². The Morgan fingerprint density at radius 2 is 2.03 bits per heavy atom. The Labute approximate surface area is 212 Å². The van der Waals surface area contributed by atoms with Gasteiger partial charge in [-0.3, -0.25) is 15.3 Å². The molecule has 0 fully saturated rings. The number of aliphatic imine (C=N–C) groups is 1. The summed E-state index contributed by atoms with van der Waals surface area (Å²) in [6.07, 6.45) is 7.26. The van der Waals surface area contributed by atoms with Gasteiger partial charge in [-0.2, -0.15) is 9.36 Å². The number of anilines is 4. The minimum Gasteiger partial charge on any atom is -0.354 e. The van der Waals surface area contributed by atoms with Crippen molar-refractivity contribution in [3.63, 3.8) is 0 Å². The highest BCUT2D eigenvalue weighted by Gasteiger charge is 2.31. The Morgan fingerprint density at radius 1 is 1.11 bits per heavy atom. The molecule has 0 atom stereocenters. The highest BCUT2D eigenvalue weighted by molar-refractivity contribution is 7.09. The van der Waals surface area contributed by atoms with E-state index in [-0.39, 0.29) is 0 Å². The topological polar surface area (TPSA) is 104 Å². The number of aromatic nitrogens is 5. The van der Waals surface area contributed by atoms with Crippen LogP contribution in [0.4, 0.5) is 22.6 Å². The third-order valence-electron chi connectivity index (χ3n) is 6.06. The van der Waals surface area contributed by atoms with Gasteiger partial charge in [-0.15, -0.1) is 0 Å². The van der Waals surface area contributed by atoms with Gasteiger partial charge in [-0.25, -0.2) is 9.97 Å². The summed E-state index contributed by atoms with van der Waals surface area (Å²) in [4.78, 5) is 24.9. The van der Waals surface area contributed by atoms with Crippen LogP contribution in [0.3, 0.4) is 0 Å². The maximum Gasteiger partial charge on any atom is 0.231 e. The highest BCUT2D eigenvalue weighted by atomic mass is 32.1. The maximum absolute atomic E-state index is 4.83. The Hall–Kier alpha value is -4.44. The van der Waals surface area contributed by atoms with Crippen molar-refractivity contribution in [1.29, 1.82) is 0 Å². The fourth-order valence-electron chi connectivity index (χ4n) is 4.32. The molecule has 0 saturated carbocycles. The molecule has 2 N–H and O–H groups in total. The first-order valence-electron chi connectivity index (χ1n) is 11.5. The third kappa shape index (κ3) is 4.11. The Bertz CT molecular complexity index is 1540. The zero-order valence-corrected chi connectivity index (χ0v) is 20.7. The minimum atomic E-state index is 0.485. The Balaban J connectivity index is 1.34. The number of rotatable bonds is 6. The molecule has 3 aromatic heterocycles. The molecule has 1 aromatic carbocycles. The summed E-state index contributed by atoms with van der Waals surface area (Å²) in [5.74, 6) is 2.24. The minimum absolute atomic E-state index is 0.485. The monoisotopic (exact) mass is 493 g/mol. The van der Waals surface area contributed by atoms with E-state index in [9.17, 15) is 0 Å². The van der Waals surface area contributed by atoms with Crippen LogP contribution in [0.1, 0.15) is 27.9 Å². The normalized spacial score (nSPS) is 14.0. The van der Waals surface area contributed by atoms with Gasteiger partial charge in [0.1, 0.15) is 18.0 Å². The molecule has 0 aliphatic carbocycles. The first kappa shape index (κ1) is 22.1. The molecule has 5 heterocycles. The van der Waals surface area contributed by atoms with E-state index in [2.05, 4.69) is 72.6 Å². The molecular formula is C26H23N9S. The lowest BCUT2D eigenvalue weighted by Gasteiger charge is -2.28. The molecule has 0 amide bonds. The number of pyridine rings is 1. The smallest absolute Gasteiger partial charge is 0.231 e. The average molecular weight is 494 g/mol. The van der Waals surface area contributed by atoms with E-state index in [4.69, 9.17) is 9.98 Å². The van der Waals surface area contributed by atoms with E-state index in [0.717, 1.165) is 63.1 Å². The molecule has 36 heavy (non-hydrogen) atoms. The summed E-state index contributed by atoms with van der Waals surface area (Å²) < 4.78 is 4.02. The molecule has 9 nitrogen and oxygen atoms in total. The Morgan fingerprint density at radius 3 is 2.86 bits per heavy atom. The van der Waals surface area contributed by atoms with Crippen molar-refractivity contribution in [1.82, 2.24) is 24.3 Å². The van der Waals surface area contributed by atoms with Gasteiger partial charge in [0.2, 0.25) is 11.1 Å². The lowest BCUT2D eigenvalue weighted by molar-refractivity contribution is 0.986. The second-order valence-corrected chi connectivity index (χ2v) is 9.39. The molecule has 10 heteroatoms. The van der Waals surface area contributed by atoms with E-state index in [0.29, 0.717) is 17.6 Å². The van der Waals surface area contributed by atoms with E-state index in [1.165, 1.54) is 17.9 Å². The fourth-order valence-corrected chi connectivity index (χ4v) is 4.74. The van der Waals surface area contributed by atoms with Crippen LogP contribution in [-0.2, 0) is 0 Å². The van der Waals surface area contributed by atoms with Crippen molar-refractivity contribution >= 4 is 57.3 Å². The zero-order valence-electron chi connectivity index (χ0n) is 19.9. The number of fused-ring (bicyclic) bond motifs is 3. The third-order valence-corrected chi connectivity index (χ3v) is 6.64. The summed E-state index contributed by atoms with van der Waals surface area (Å²) in [6, 6.07) is 10.3. The quantitative estimate of drug-likeness (QED) is 0.389. The van der Waals surface area contributed by atoms with Crippen molar-refractivity contribution in [2.75, 3.05) is 28.6 Å². The van der Waals surface area contributed by atoms with Crippen molar-refractivity contribution in [3.8, 4) is 0 Å². The van der Waals surface area contributed by atoms with Crippen LogP contribution in [0.5, 0.6) is 0 Å². The second kappa shape index (κ2) is 8.97. The van der Waals surface area contributed by atoms with Gasteiger partial charge in [-0.05, 0) is 60.9 Å². The van der Waals surface area contributed by atoms with E-state index in [1.807, 2.05) is 25.3 Å². The summed E-state index contributed by atoms with van der Waals surface area (Å²) in [5, 5.41) is 7.19. The predicted molar refractivity (Wildman–Crippen MR) is 146 cm³/mol. The number of nitrogens with zero attached hydrogens (tertiary/aromatic N) is 7. The number of nitrogens with one attached hydrogen (secondary N) is 2. The molecular weight excluding hydrogens is 470 g/mol. The molecule has 0 radical (unpaired) electrons. The van der Waals surface area contributed by atoms with E-state index in [1.54, 1.807) is 6.20 Å². The fraction of sp³-hybridized carbons (Fsp3) is 0.154. The lowest BCUT2D eigenvalue weighted by atomic mass is 9.94. The van der Waals surface area contributed by atoms with Crippen LogP contribution >= 0.6 is 11.5 Å². The van der Waals surface area contributed by atoms with Crippen LogP contribution in [0.2, 0.25) is 0 Å². The highest BCUT2D eigenvalue weighted by Crippen LogP contribution is 2.37. The molecule has 6 rings (SSSR count). The number of hydrogen-bond donors (Lipinski definition) is 2. The van der Waals surface area contributed by atoms with Crippen LogP contribution in [0, 0.1) is 13.8 Å². The predicted octanol–water partition coefficient (Wildman–Crippen LogP) is 4.94. The molecule has 0 unspecified atom stereocenters. The van der Waals surface area contributed by atoms with Gasteiger partial charge in [-0.1, -0.05) is 12.6 Å². The first-order chi connectivity index (χ1) is 17.5. The number of benzene rings is 1. The van der Waals surface area contributed by atoms with Gasteiger partial charge in [0.05, 0.1) is 17.9 Å². The molecule has 2 aliphatic rings. The lowest BCUT2D eigenvalue weighted by Crippen LogP contribution is -2.32. The van der Waals surface area contributed by atoms with Crippen LogP contribution < -0.4 is 15.5 Å². The standard InChI is InChI=1S/C26H23N9S/c1-15-6-7-27-22(10-15)17(3)32-19-5-4-16(2)20(12-19)21-11-18-13-29-25(34-26-30-14-31-36-26)33-23(18)35-9-8-28-24(21)35/h4-7,10-14,32H,3,8-9H2,1-2H3,(H,29,30,31,33,34). The molecule has 0 spiro atoms. The van der Waals surface area contributed by atoms with Gasteiger partial charge >= 0.3 is 0 Å². The number of amidine groups is 1. The molecule has 178 valence electrons. The summed E-state index contributed by atoms with van der Waals surface area (Å²) >= 11 is 1.26. The Kier molecular flexibility index (Phi) is 5.49. The maximum atomic E-state index is 4.83. The zero-order chi connectivity index (χ0) is 24.6. The average Bonchev–Trinajstić information content (AvgIpc) is 3.57. The van der Waals surface area contributed by atoms with Crippen molar-refractivity contribution in [3.05, 3.63) is 83.6 Å². The summed E-state index contributed by atoms with van der Waals surface area (Å²) in [7, 11) is 0.